The number of amides is 1. The number of cyclic esters (lactones) is 1. The van der Waals surface area contributed by atoms with Crippen LogP contribution in [0.1, 0.15) is 5.56 Å². The van der Waals surface area contributed by atoms with Crippen molar-refractivity contribution in [3.05, 3.63) is 35.9 Å². The zero-order chi connectivity index (χ0) is 13.9. The number of alkyl carbamates (subject to hydrolysis) is 1. The third-order valence-electron chi connectivity index (χ3n) is 2.76. The fourth-order valence-electron chi connectivity index (χ4n) is 1.89. The lowest BCUT2D eigenvalue weighted by Gasteiger charge is -2.16. The highest BCUT2D eigenvalue weighted by atomic mass is 32.2. The van der Waals surface area contributed by atoms with Gasteiger partial charge in [0, 0.05) is 0 Å². The first-order chi connectivity index (χ1) is 8.94. The smallest absolute Gasteiger partial charge is 0.407 e. The summed E-state index contributed by atoms with van der Waals surface area (Å²) in [4.78, 5) is 11.2. The zero-order valence-corrected chi connectivity index (χ0v) is 11.2. The lowest BCUT2D eigenvalue weighted by Crippen LogP contribution is -2.36. The fraction of sp³-hybridized carbons (Fsp3) is 0.417. The van der Waals surface area contributed by atoms with E-state index in [1.807, 2.05) is 30.3 Å². The molecule has 2 rings (SSSR count). The van der Waals surface area contributed by atoms with E-state index < -0.39 is 22.3 Å². The Morgan fingerprint density at radius 2 is 2.00 bits per heavy atom. The third kappa shape index (κ3) is 4.22. The summed E-state index contributed by atoms with van der Waals surface area (Å²) >= 11 is 0. The average molecular weight is 285 g/mol. The van der Waals surface area contributed by atoms with Gasteiger partial charge in [-0.2, -0.15) is 8.42 Å². The molecule has 1 amide bonds. The summed E-state index contributed by atoms with van der Waals surface area (Å²) in [6.07, 6.45) is 0.360. The van der Waals surface area contributed by atoms with Crippen LogP contribution in [0, 0.1) is 0 Å². The van der Waals surface area contributed by atoms with Gasteiger partial charge in [0.05, 0.1) is 12.3 Å². The van der Waals surface area contributed by atoms with Gasteiger partial charge in [-0.05, 0) is 12.0 Å². The van der Waals surface area contributed by atoms with Crippen molar-refractivity contribution in [1.29, 1.82) is 0 Å². The van der Waals surface area contributed by atoms with Crippen molar-refractivity contribution in [2.75, 3.05) is 12.9 Å². The van der Waals surface area contributed by atoms with Crippen molar-refractivity contribution in [2.45, 2.75) is 18.6 Å². The van der Waals surface area contributed by atoms with Gasteiger partial charge in [-0.25, -0.2) is 4.79 Å². The summed E-state index contributed by atoms with van der Waals surface area (Å²) in [5.41, 5.74) is 1.03. The van der Waals surface area contributed by atoms with Crippen LogP contribution in [-0.2, 0) is 25.5 Å². The Hall–Kier alpha value is -1.60. The predicted molar refractivity (Wildman–Crippen MR) is 68.1 cm³/mol. The Balaban J connectivity index is 1.99. The molecule has 104 valence electrons. The van der Waals surface area contributed by atoms with E-state index >= 15 is 0 Å². The maximum absolute atomic E-state index is 11.2. The number of hydrogen-bond acceptors (Lipinski definition) is 5. The molecule has 6 nitrogen and oxygen atoms in total. The summed E-state index contributed by atoms with van der Waals surface area (Å²) < 4.78 is 31.6. The second-order valence-electron chi connectivity index (χ2n) is 4.37. The van der Waals surface area contributed by atoms with E-state index in [1.54, 1.807) is 0 Å². The lowest BCUT2D eigenvalue weighted by atomic mass is 10.0. The molecule has 0 aromatic heterocycles. The van der Waals surface area contributed by atoms with Crippen LogP contribution in [0.25, 0.3) is 0 Å². The highest BCUT2D eigenvalue weighted by Gasteiger charge is 2.34. The fourth-order valence-corrected chi connectivity index (χ4v) is 2.27. The molecule has 0 spiro atoms. The van der Waals surface area contributed by atoms with Gasteiger partial charge < -0.3 is 10.1 Å². The molecule has 1 aliphatic rings. The maximum Gasteiger partial charge on any atom is 0.407 e. The van der Waals surface area contributed by atoms with Gasteiger partial charge in [0.2, 0.25) is 0 Å². The first-order valence-electron chi connectivity index (χ1n) is 5.79. The maximum atomic E-state index is 11.2. The van der Waals surface area contributed by atoms with E-state index in [2.05, 4.69) is 9.50 Å². The minimum atomic E-state index is -3.54. The van der Waals surface area contributed by atoms with Crippen LogP contribution < -0.4 is 5.32 Å². The van der Waals surface area contributed by atoms with Crippen LogP contribution in [0.3, 0.4) is 0 Å². The molecule has 1 aliphatic heterocycles. The summed E-state index contributed by atoms with van der Waals surface area (Å²) in [5, 5.41) is 2.65. The van der Waals surface area contributed by atoms with Gasteiger partial charge in [0.1, 0.15) is 12.7 Å². The quantitative estimate of drug-likeness (QED) is 0.805. The molecule has 1 aromatic rings. The van der Waals surface area contributed by atoms with Gasteiger partial charge >= 0.3 is 6.09 Å². The van der Waals surface area contributed by atoms with Crippen LogP contribution in [0.2, 0.25) is 0 Å². The van der Waals surface area contributed by atoms with Gasteiger partial charge in [0.15, 0.2) is 0 Å². The topological polar surface area (TPSA) is 81.7 Å². The lowest BCUT2D eigenvalue weighted by molar-refractivity contribution is 0.0943. The molecule has 0 unspecified atom stereocenters. The highest BCUT2D eigenvalue weighted by molar-refractivity contribution is 7.85. The molecular weight excluding hydrogens is 270 g/mol. The normalized spacial score (nSPS) is 22.9. The molecule has 1 heterocycles. The first-order valence-corrected chi connectivity index (χ1v) is 7.61. The molecule has 1 N–H and O–H groups in total. The van der Waals surface area contributed by atoms with Crippen LogP contribution in [0.4, 0.5) is 4.79 Å². The molecule has 0 saturated carbocycles. The van der Waals surface area contributed by atoms with Crippen molar-refractivity contribution in [3.8, 4) is 0 Å². The second kappa shape index (κ2) is 5.58. The number of carbonyl (C=O) groups is 1. The van der Waals surface area contributed by atoms with Crippen molar-refractivity contribution < 1.29 is 22.1 Å². The Labute approximate surface area is 111 Å². The summed E-state index contributed by atoms with van der Waals surface area (Å²) in [5.74, 6) is 0. The number of ether oxygens (including phenoxy) is 1. The van der Waals surface area contributed by atoms with Crippen molar-refractivity contribution in [2.24, 2.45) is 0 Å². The van der Waals surface area contributed by atoms with Gasteiger partial charge in [-0.15, -0.1) is 0 Å². The number of nitrogens with one attached hydrogen (secondary N) is 1. The largest absolute Gasteiger partial charge is 0.442 e. The molecule has 0 radical (unpaired) electrons. The van der Waals surface area contributed by atoms with E-state index in [1.165, 1.54) is 0 Å². The first kappa shape index (κ1) is 13.8. The number of carbonyl (C=O) groups excluding carboxylic acids is 1. The van der Waals surface area contributed by atoms with Crippen LogP contribution in [0.15, 0.2) is 30.3 Å². The summed E-state index contributed by atoms with van der Waals surface area (Å²) in [6, 6.07) is 9.26. The Morgan fingerprint density at radius 1 is 1.32 bits per heavy atom. The van der Waals surface area contributed by atoms with Crippen molar-refractivity contribution in [3.63, 3.8) is 0 Å². The van der Waals surface area contributed by atoms with Crippen LogP contribution in [0.5, 0.6) is 0 Å². The van der Waals surface area contributed by atoms with E-state index in [0.29, 0.717) is 6.42 Å². The molecule has 1 aromatic carbocycles. The number of hydrogen-bond donors (Lipinski definition) is 1. The van der Waals surface area contributed by atoms with Crippen LogP contribution in [-0.4, -0.2) is 39.5 Å². The SMILES string of the molecule is CS(=O)(=O)OC[C@H]1OC(=O)N[C@H]1Cc1ccccc1. The average Bonchev–Trinajstić information content (AvgIpc) is 2.67. The molecule has 1 saturated heterocycles. The van der Waals surface area contributed by atoms with E-state index in [-0.39, 0.29) is 12.6 Å². The second-order valence-corrected chi connectivity index (χ2v) is 6.02. The molecule has 1 fully saturated rings. The zero-order valence-electron chi connectivity index (χ0n) is 10.4. The molecule has 0 aliphatic carbocycles. The molecular formula is C12H15NO5S. The minimum Gasteiger partial charge on any atom is -0.442 e. The standard InChI is InChI=1S/C12H15NO5S/c1-19(15,16)17-8-11-10(13-12(14)18-11)7-9-5-3-2-4-6-9/h2-6,10-11H,7-8H2,1H3,(H,13,14)/t10-,11+/m0/s1. The van der Waals surface area contributed by atoms with Gasteiger partial charge in [-0.3, -0.25) is 4.18 Å². The van der Waals surface area contributed by atoms with E-state index in [4.69, 9.17) is 4.74 Å². The van der Waals surface area contributed by atoms with Crippen molar-refractivity contribution >= 4 is 16.2 Å². The van der Waals surface area contributed by atoms with Crippen molar-refractivity contribution in [1.82, 2.24) is 5.32 Å². The van der Waals surface area contributed by atoms with E-state index in [0.717, 1.165) is 11.8 Å². The monoisotopic (exact) mass is 285 g/mol. The van der Waals surface area contributed by atoms with E-state index in [9.17, 15) is 13.2 Å². The number of rotatable bonds is 5. The summed E-state index contributed by atoms with van der Waals surface area (Å²) in [7, 11) is -3.54. The molecule has 19 heavy (non-hydrogen) atoms. The minimum absolute atomic E-state index is 0.172. The molecule has 2 atom stereocenters. The third-order valence-corrected chi connectivity index (χ3v) is 3.32. The Kier molecular flexibility index (Phi) is 4.06. The Bertz CT molecular complexity index is 542. The predicted octanol–water partition coefficient (Wildman–Crippen LogP) is 0.682. The molecule has 0 bridgehead atoms. The Morgan fingerprint density at radius 3 is 2.63 bits per heavy atom. The number of benzene rings is 1. The van der Waals surface area contributed by atoms with Gasteiger partial charge in [0.25, 0.3) is 10.1 Å². The highest BCUT2D eigenvalue weighted by Crippen LogP contribution is 2.15. The van der Waals surface area contributed by atoms with Gasteiger partial charge in [-0.1, -0.05) is 30.3 Å². The van der Waals surface area contributed by atoms with Crippen LogP contribution >= 0.6 is 0 Å². The molecule has 7 heteroatoms. The summed E-state index contributed by atoms with van der Waals surface area (Å²) in [6.45, 7) is -0.172.